The Morgan fingerprint density at radius 3 is 2.64 bits per heavy atom. The summed E-state index contributed by atoms with van der Waals surface area (Å²) in [5.74, 6) is 0.674. The minimum atomic E-state index is -0.265. The molecule has 0 spiro atoms. The van der Waals surface area contributed by atoms with Gasteiger partial charge in [-0.1, -0.05) is 12.1 Å². The van der Waals surface area contributed by atoms with Crippen LogP contribution in [0.4, 0.5) is 10.2 Å². The molecule has 0 amide bonds. The Kier molecular flexibility index (Phi) is 4.13. The Labute approximate surface area is 162 Å². The van der Waals surface area contributed by atoms with E-state index in [1.54, 1.807) is 18.6 Å². The standard InChI is InChI=1S/C22H20FN5/c1-27-7-9-28(10-8-27)22-19-12-15(4-5-20(19)25-14-26-22)18-13-17(23)11-16-3-2-6-24-21(16)18/h2-6,11-14H,7-10H2,1H3. The van der Waals surface area contributed by atoms with Crippen LogP contribution in [0.2, 0.25) is 0 Å². The summed E-state index contributed by atoms with van der Waals surface area (Å²) in [4.78, 5) is 18.1. The zero-order chi connectivity index (χ0) is 19.1. The molecular formula is C22H20FN5. The number of pyridine rings is 1. The van der Waals surface area contributed by atoms with Gasteiger partial charge < -0.3 is 9.80 Å². The normalized spacial score (nSPS) is 15.4. The molecule has 140 valence electrons. The largest absolute Gasteiger partial charge is 0.353 e. The second kappa shape index (κ2) is 6.80. The number of likely N-dealkylation sites (N-methyl/N-ethyl adjacent to an activating group) is 1. The third-order valence-corrected chi connectivity index (χ3v) is 5.40. The lowest BCUT2D eigenvalue weighted by molar-refractivity contribution is 0.312. The number of rotatable bonds is 2. The molecule has 5 nitrogen and oxygen atoms in total. The molecule has 0 N–H and O–H groups in total. The van der Waals surface area contributed by atoms with Crippen molar-refractivity contribution in [2.75, 3.05) is 38.1 Å². The van der Waals surface area contributed by atoms with Crippen molar-refractivity contribution in [1.82, 2.24) is 19.9 Å². The van der Waals surface area contributed by atoms with Gasteiger partial charge >= 0.3 is 0 Å². The molecule has 0 saturated carbocycles. The van der Waals surface area contributed by atoms with Crippen molar-refractivity contribution in [3.8, 4) is 11.1 Å². The molecule has 0 atom stereocenters. The van der Waals surface area contributed by atoms with Crippen molar-refractivity contribution in [3.63, 3.8) is 0 Å². The van der Waals surface area contributed by atoms with E-state index < -0.39 is 0 Å². The minimum Gasteiger partial charge on any atom is -0.353 e. The Morgan fingerprint density at radius 2 is 1.79 bits per heavy atom. The number of anilines is 1. The summed E-state index contributed by atoms with van der Waals surface area (Å²) >= 11 is 0. The first-order chi connectivity index (χ1) is 13.7. The van der Waals surface area contributed by atoms with Crippen LogP contribution in [0.3, 0.4) is 0 Å². The van der Waals surface area contributed by atoms with Crippen molar-refractivity contribution >= 4 is 27.6 Å². The highest BCUT2D eigenvalue weighted by Crippen LogP contribution is 2.33. The molecule has 2 aromatic carbocycles. The summed E-state index contributed by atoms with van der Waals surface area (Å²) in [6.07, 6.45) is 3.36. The lowest BCUT2D eigenvalue weighted by Gasteiger charge is -2.33. The van der Waals surface area contributed by atoms with Gasteiger partial charge in [-0.25, -0.2) is 14.4 Å². The van der Waals surface area contributed by atoms with Crippen molar-refractivity contribution in [1.29, 1.82) is 0 Å². The maximum atomic E-state index is 14.2. The first kappa shape index (κ1) is 17.0. The first-order valence-electron chi connectivity index (χ1n) is 9.42. The summed E-state index contributed by atoms with van der Waals surface area (Å²) in [6, 6.07) is 12.8. The van der Waals surface area contributed by atoms with Crippen LogP contribution >= 0.6 is 0 Å². The van der Waals surface area contributed by atoms with Gasteiger partial charge in [0.1, 0.15) is 18.0 Å². The zero-order valence-corrected chi connectivity index (χ0v) is 15.6. The fourth-order valence-electron chi connectivity index (χ4n) is 3.86. The lowest BCUT2D eigenvalue weighted by Crippen LogP contribution is -2.44. The molecule has 4 aromatic rings. The summed E-state index contributed by atoms with van der Waals surface area (Å²) in [5.41, 5.74) is 3.38. The molecule has 2 aromatic heterocycles. The highest BCUT2D eigenvalue weighted by Gasteiger charge is 2.18. The second-order valence-electron chi connectivity index (χ2n) is 7.25. The van der Waals surface area contributed by atoms with Crippen LogP contribution < -0.4 is 4.90 Å². The Hall–Kier alpha value is -3.12. The van der Waals surface area contributed by atoms with Gasteiger partial charge in [0.2, 0.25) is 0 Å². The summed E-state index contributed by atoms with van der Waals surface area (Å²) < 4.78 is 14.2. The predicted molar refractivity (Wildman–Crippen MR) is 110 cm³/mol. The Bertz CT molecular complexity index is 1170. The van der Waals surface area contributed by atoms with Crippen LogP contribution in [0.5, 0.6) is 0 Å². The van der Waals surface area contributed by atoms with E-state index in [0.717, 1.165) is 64.9 Å². The maximum absolute atomic E-state index is 14.2. The van der Waals surface area contributed by atoms with Crippen molar-refractivity contribution in [3.05, 3.63) is 60.8 Å². The van der Waals surface area contributed by atoms with Crippen LogP contribution in [0.1, 0.15) is 0 Å². The second-order valence-corrected chi connectivity index (χ2v) is 7.25. The highest BCUT2D eigenvalue weighted by atomic mass is 19.1. The van der Waals surface area contributed by atoms with Gasteiger partial charge in [-0.15, -0.1) is 0 Å². The monoisotopic (exact) mass is 373 g/mol. The predicted octanol–water partition coefficient (Wildman–Crippen LogP) is 3.74. The van der Waals surface area contributed by atoms with Crippen molar-refractivity contribution < 1.29 is 4.39 Å². The molecule has 3 heterocycles. The average Bonchev–Trinajstić information content (AvgIpc) is 2.73. The van der Waals surface area contributed by atoms with Crippen LogP contribution in [-0.4, -0.2) is 53.1 Å². The van der Waals surface area contributed by atoms with E-state index in [2.05, 4.69) is 37.9 Å². The average molecular weight is 373 g/mol. The van der Waals surface area contributed by atoms with E-state index in [0.29, 0.717) is 0 Å². The van der Waals surface area contributed by atoms with E-state index in [-0.39, 0.29) is 5.82 Å². The SMILES string of the molecule is CN1CCN(c2ncnc3ccc(-c4cc(F)cc5cccnc45)cc23)CC1. The molecule has 1 saturated heterocycles. The molecule has 1 aliphatic heterocycles. The lowest BCUT2D eigenvalue weighted by atomic mass is 10.00. The molecular weight excluding hydrogens is 353 g/mol. The number of hydrogen-bond donors (Lipinski definition) is 0. The number of benzene rings is 2. The molecule has 0 aliphatic carbocycles. The molecule has 1 fully saturated rings. The summed E-state index contributed by atoms with van der Waals surface area (Å²) in [7, 11) is 2.13. The topological polar surface area (TPSA) is 45.2 Å². The van der Waals surface area contributed by atoms with Crippen molar-refractivity contribution in [2.24, 2.45) is 0 Å². The van der Waals surface area contributed by atoms with Gasteiger partial charge in [0, 0.05) is 48.7 Å². The quantitative estimate of drug-likeness (QED) is 0.536. The minimum absolute atomic E-state index is 0.265. The molecule has 5 rings (SSSR count). The van der Waals surface area contributed by atoms with E-state index in [1.807, 2.05) is 24.3 Å². The van der Waals surface area contributed by atoms with Gasteiger partial charge in [0.25, 0.3) is 0 Å². The molecule has 0 unspecified atom stereocenters. The van der Waals surface area contributed by atoms with Crippen LogP contribution in [0, 0.1) is 5.82 Å². The van der Waals surface area contributed by atoms with Gasteiger partial charge in [-0.2, -0.15) is 0 Å². The van der Waals surface area contributed by atoms with E-state index >= 15 is 0 Å². The van der Waals surface area contributed by atoms with Crippen LogP contribution in [0.25, 0.3) is 32.9 Å². The highest BCUT2D eigenvalue weighted by molar-refractivity contribution is 5.98. The molecule has 1 aliphatic rings. The van der Waals surface area contributed by atoms with Gasteiger partial charge in [0.15, 0.2) is 0 Å². The van der Waals surface area contributed by atoms with Gasteiger partial charge in [-0.05, 0) is 42.9 Å². The maximum Gasteiger partial charge on any atom is 0.139 e. The Balaban J connectivity index is 1.67. The number of nitrogens with zero attached hydrogens (tertiary/aromatic N) is 5. The zero-order valence-electron chi connectivity index (χ0n) is 15.6. The number of aromatic nitrogens is 3. The van der Waals surface area contributed by atoms with Crippen molar-refractivity contribution in [2.45, 2.75) is 0 Å². The number of hydrogen-bond acceptors (Lipinski definition) is 5. The fourth-order valence-corrected chi connectivity index (χ4v) is 3.86. The smallest absolute Gasteiger partial charge is 0.139 e. The third kappa shape index (κ3) is 2.96. The first-order valence-corrected chi connectivity index (χ1v) is 9.42. The van der Waals surface area contributed by atoms with Crippen LogP contribution in [-0.2, 0) is 0 Å². The third-order valence-electron chi connectivity index (χ3n) is 5.40. The summed E-state index contributed by atoms with van der Waals surface area (Å²) in [5, 5.41) is 1.78. The van der Waals surface area contributed by atoms with E-state index in [1.165, 1.54) is 6.07 Å². The van der Waals surface area contributed by atoms with E-state index in [4.69, 9.17) is 0 Å². The number of fused-ring (bicyclic) bond motifs is 2. The van der Waals surface area contributed by atoms with Gasteiger partial charge in [0.05, 0.1) is 11.0 Å². The molecule has 6 heteroatoms. The molecule has 28 heavy (non-hydrogen) atoms. The van der Waals surface area contributed by atoms with Gasteiger partial charge in [-0.3, -0.25) is 4.98 Å². The number of halogens is 1. The Morgan fingerprint density at radius 1 is 0.929 bits per heavy atom. The van der Waals surface area contributed by atoms with Crippen LogP contribution in [0.15, 0.2) is 55.0 Å². The molecule has 0 radical (unpaired) electrons. The summed E-state index contributed by atoms with van der Waals surface area (Å²) in [6.45, 7) is 3.86. The van der Waals surface area contributed by atoms with E-state index in [9.17, 15) is 4.39 Å². The number of piperazine rings is 1. The fraction of sp³-hybridized carbons (Fsp3) is 0.227. The molecule has 0 bridgehead atoms.